The molecule has 1 aromatic heterocycles. The van der Waals surface area contributed by atoms with Gasteiger partial charge in [-0.25, -0.2) is 0 Å². The molecule has 106 valence electrons. The summed E-state index contributed by atoms with van der Waals surface area (Å²) in [6, 6.07) is 10.6. The lowest BCUT2D eigenvalue weighted by atomic mass is 9.99. The minimum absolute atomic E-state index is 0.134. The topological polar surface area (TPSA) is 34.4 Å². The van der Waals surface area contributed by atoms with Crippen LogP contribution >= 0.6 is 0 Å². The maximum atomic E-state index is 5.88. The molecule has 1 unspecified atom stereocenters. The van der Waals surface area contributed by atoms with Gasteiger partial charge in [-0.1, -0.05) is 12.1 Å². The van der Waals surface area contributed by atoms with Gasteiger partial charge in [0.05, 0.1) is 12.1 Å². The zero-order valence-corrected chi connectivity index (χ0v) is 12.3. The molecule has 1 N–H and O–H groups in total. The quantitative estimate of drug-likeness (QED) is 0.899. The molecule has 1 fully saturated rings. The van der Waals surface area contributed by atoms with Crippen LogP contribution in [0.2, 0.25) is 0 Å². The third kappa shape index (κ3) is 2.73. The minimum atomic E-state index is 0.134. The van der Waals surface area contributed by atoms with Crippen LogP contribution in [0.4, 0.5) is 0 Å². The van der Waals surface area contributed by atoms with Gasteiger partial charge in [-0.3, -0.25) is 0 Å². The van der Waals surface area contributed by atoms with Crippen LogP contribution < -0.4 is 10.1 Å². The molecule has 2 aromatic rings. The standard InChI is InChI=1S/C17H21NO2/c1-11-9-16(12(2)19-11)17(18-3)13-5-4-6-15(10-13)20-14-7-8-14/h4-6,9-10,14,17-18H,7-8H2,1-3H3. The zero-order valence-electron chi connectivity index (χ0n) is 12.3. The van der Waals surface area contributed by atoms with E-state index in [9.17, 15) is 0 Å². The van der Waals surface area contributed by atoms with Crippen molar-refractivity contribution in [2.24, 2.45) is 0 Å². The van der Waals surface area contributed by atoms with Crippen LogP contribution in [0, 0.1) is 13.8 Å². The predicted octanol–water partition coefficient (Wildman–Crippen LogP) is 3.75. The van der Waals surface area contributed by atoms with E-state index in [1.165, 1.54) is 24.0 Å². The van der Waals surface area contributed by atoms with E-state index in [0.717, 1.165) is 17.3 Å². The van der Waals surface area contributed by atoms with Crippen molar-refractivity contribution in [3.05, 3.63) is 53.0 Å². The van der Waals surface area contributed by atoms with Crippen LogP contribution in [-0.4, -0.2) is 13.2 Å². The summed E-state index contributed by atoms with van der Waals surface area (Å²) in [6.45, 7) is 3.99. The highest BCUT2D eigenvalue weighted by Crippen LogP contribution is 2.31. The molecular formula is C17H21NO2. The van der Waals surface area contributed by atoms with Crippen molar-refractivity contribution in [3.8, 4) is 5.75 Å². The first-order chi connectivity index (χ1) is 9.67. The Hall–Kier alpha value is -1.74. The van der Waals surface area contributed by atoms with Gasteiger partial charge in [-0.2, -0.15) is 0 Å². The van der Waals surface area contributed by atoms with Gasteiger partial charge < -0.3 is 14.5 Å². The summed E-state index contributed by atoms with van der Waals surface area (Å²) >= 11 is 0. The van der Waals surface area contributed by atoms with E-state index < -0.39 is 0 Å². The van der Waals surface area contributed by atoms with Crippen molar-refractivity contribution in [1.29, 1.82) is 0 Å². The molecule has 0 spiro atoms. The van der Waals surface area contributed by atoms with Crippen LogP contribution in [0.3, 0.4) is 0 Å². The Morgan fingerprint density at radius 1 is 1.25 bits per heavy atom. The van der Waals surface area contributed by atoms with Crippen molar-refractivity contribution in [3.63, 3.8) is 0 Å². The van der Waals surface area contributed by atoms with Crippen LogP contribution in [0.15, 0.2) is 34.7 Å². The highest BCUT2D eigenvalue weighted by molar-refractivity contribution is 5.38. The molecule has 1 aliphatic carbocycles. The van der Waals surface area contributed by atoms with Gasteiger partial charge in [-0.05, 0) is 57.5 Å². The number of benzene rings is 1. The van der Waals surface area contributed by atoms with E-state index in [-0.39, 0.29) is 6.04 Å². The number of hydrogen-bond donors (Lipinski definition) is 1. The van der Waals surface area contributed by atoms with Crippen molar-refractivity contribution in [2.75, 3.05) is 7.05 Å². The van der Waals surface area contributed by atoms with Gasteiger partial charge in [-0.15, -0.1) is 0 Å². The lowest BCUT2D eigenvalue weighted by Crippen LogP contribution is -2.18. The van der Waals surface area contributed by atoms with Crippen LogP contribution in [0.1, 0.15) is 41.5 Å². The highest BCUT2D eigenvalue weighted by atomic mass is 16.5. The fourth-order valence-electron chi connectivity index (χ4n) is 2.58. The highest BCUT2D eigenvalue weighted by Gasteiger charge is 2.24. The molecule has 3 nitrogen and oxygen atoms in total. The molecule has 3 rings (SSSR count). The summed E-state index contributed by atoms with van der Waals surface area (Å²) in [7, 11) is 1.97. The largest absolute Gasteiger partial charge is 0.490 e. The minimum Gasteiger partial charge on any atom is -0.490 e. The first-order valence-corrected chi connectivity index (χ1v) is 7.18. The number of rotatable bonds is 5. The van der Waals surface area contributed by atoms with E-state index in [1.807, 2.05) is 27.0 Å². The van der Waals surface area contributed by atoms with Crippen molar-refractivity contribution < 1.29 is 9.15 Å². The Labute approximate surface area is 119 Å². The molecule has 0 aliphatic heterocycles. The summed E-state index contributed by atoms with van der Waals surface area (Å²) in [5, 5.41) is 3.37. The molecule has 0 bridgehead atoms. The third-order valence-electron chi connectivity index (χ3n) is 3.70. The molecule has 0 amide bonds. The summed E-state index contributed by atoms with van der Waals surface area (Å²) in [4.78, 5) is 0. The van der Waals surface area contributed by atoms with Gasteiger partial charge in [0, 0.05) is 5.56 Å². The normalized spacial score (nSPS) is 16.1. The molecular weight excluding hydrogens is 250 g/mol. The first kappa shape index (κ1) is 13.3. The number of aryl methyl sites for hydroxylation is 2. The third-order valence-corrected chi connectivity index (χ3v) is 3.70. The second-order valence-corrected chi connectivity index (χ2v) is 5.48. The summed E-state index contributed by atoms with van der Waals surface area (Å²) < 4.78 is 11.5. The van der Waals surface area contributed by atoms with Gasteiger partial charge in [0.1, 0.15) is 17.3 Å². The molecule has 1 aliphatic rings. The van der Waals surface area contributed by atoms with E-state index in [4.69, 9.17) is 9.15 Å². The Kier molecular flexibility index (Phi) is 3.53. The van der Waals surface area contributed by atoms with E-state index in [1.54, 1.807) is 0 Å². The number of hydrogen-bond acceptors (Lipinski definition) is 3. The van der Waals surface area contributed by atoms with Crippen LogP contribution in [0.25, 0.3) is 0 Å². The average molecular weight is 271 g/mol. The van der Waals surface area contributed by atoms with Crippen molar-refractivity contribution in [1.82, 2.24) is 5.32 Å². The fraction of sp³-hybridized carbons (Fsp3) is 0.412. The Balaban J connectivity index is 1.90. The van der Waals surface area contributed by atoms with E-state index in [0.29, 0.717) is 6.10 Å². The Bertz CT molecular complexity index is 599. The second-order valence-electron chi connectivity index (χ2n) is 5.48. The molecule has 20 heavy (non-hydrogen) atoms. The van der Waals surface area contributed by atoms with Crippen LogP contribution in [-0.2, 0) is 0 Å². The van der Waals surface area contributed by atoms with Gasteiger partial charge >= 0.3 is 0 Å². The first-order valence-electron chi connectivity index (χ1n) is 7.18. The van der Waals surface area contributed by atoms with Gasteiger partial charge in [0.2, 0.25) is 0 Å². The maximum Gasteiger partial charge on any atom is 0.120 e. The average Bonchev–Trinajstić information content (AvgIpc) is 3.16. The lowest BCUT2D eigenvalue weighted by Gasteiger charge is -2.17. The molecule has 1 aromatic carbocycles. The molecule has 1 saturated carbocycles. The Morgan fingerprint density at radius 3 is 2.65 bits per heavy atom. The fourth-order valence-corrected chi connectivity index (χ4v) is 2.58. The second kappa shape index (κ2) is 5.33. The molecule has 3 heteroatoms. The van der Waals surface area contributed by atoms with Crippen molar-refractivity contribution in [2.45, 2.75) is 38.8 Å². The smallest absolute Gasteiger partial charge is 0.120 e. The van der Waals surface area contributed by atoms with Gasteiger partial charge in [0.25, 0.3) is 0 Å². The Morgan fingerprint density at radius 2 is 2.05 bits per heavy atom. The molecule has 1 heterocycles. The van der Waals surface area contributed by atoms with Gasteiger partial charge in [0.15, 0.2) is 0 Å². The monoisotopic (exact) mass is 271 g/mol. The zero-order chi connectivity index (χ0) is 14.1. The number of furan rings is 1. The number of nitrogens with one attached hydrogen (secondary N) is 1. The van der Waals surface area contributed by atoms with E-state index >= 15 is 0 Å². The predicted molar refractivity (Wildman–Crippen MR) is 79.2 cm³/mol. The summed E-state index contributed by atoms with van der Waals surface area (Å²) in [5.41, 5.74) is 2.39. The van der Waals surface area contributed by atoms with E-state index in [2.05, 4.69) is 29.6 Å². The SMILES string of the molecule is CNC(c1cccc(OC2CC2)c1)c1cc(C)oc1C. The summed E-state index contributed by atoms with van der Waals surface area (Å²) in [6.07, 6.45) is 2.79. The summed E-state index contributed by atoms with van der Waals surface area (Å²) in [5.74, 6) is 2.88. The van der Waals surface area contributed by atoms with Crippen molar-refractivity contribution >= 4 is 0 Å². The molecule has 1 atom stereocenters. The number of ether oxygens (including phenoxy) is 1. The van der Waals surface area contributed by atoms with Crippen LogP contribution in [0.5, 0.6) is 5.75 Å². The molecule has 0 radical (unpaired) electrons. The molecule has 0 saturated heterocycles. The lowest BCUT2D eigenvalue weighted by molar-refractivity contribution is 0.302. The maximum absolute atomic E-state index is 5.88.